The van der Waals surface area contributed by atoms with Gasteiger partial charge in [0.25, 0.3) is 0 Å². The molecule has 0 radical (unpaired) electrons. The zero-order valence-corrected chi connectivity index (χ0v) is 17.9. The minimum atomic E-state index is -4.36. The van der Waals surface area contributed by atoms with Gasteiger partial charge in [0.15, 0.2) is 0 Å². The number of benzene rings is 2. The van der Waals surface area contributed by atoms with Gasteiger partial charge in [0.05, 0.1) is 11.1 Å². The van der Waals surface area contributed by atoms with Gasteiger partial charge >= 0.3 is 6.18 Å². The molecule has 2 N–H and O–H groups in total. The Morgan fingerprint density at radius 3 is 2.74 bits per heavy atom. The van der Waals surface area contributed by atoms with Crippen molar-refractivity contribution in [3.63, 3.8) is 0 Å². The van der Waals surface area contributed by atoms with Crippen molar-refractivity contribution < 1.29 is 13.2 Å². The molecule has 3 aromatic rings. The van der Waals surface area contributed by atoms with E-state index in [0.29, 0.717) is 11.6 Å². The quantitative estimate of drug-likeness (QED) is 0.573. The molecule has 0 spiro atoms. The monoisotopic (exact) mass is 428 g/mol. The fourth-order valence-electron chi connectivity index (χ4n) is 4.40. The molecule has 2 aromatic carbocycles. The molecular formula is C24H27F3N4. The number of rotatable bonds is 4. The molecule has 2 atom stereocenters. The Bertz CT molecular complexity index is 1080. The number of pyridine rings is 1. The highest BCUT2D eigenvalue weighted by Gasteiger charge is 2.33. The van der Waals surface area contributed by atoms with Crippen LogP contribution in [0.2, 0.25) is 0 Å². The van der Waals surface area contributed by atoms with Gasteiger partial charge in [-0.05, 0) is 62.2 Å². The lowest BCUT2D eigenvalue weighted by atomic mass is 9.97. The van der Waals surface area contributed by atoms with E-state index in [4.69, 9.17) is 0 Å². The van der Waals surface area contributed by atoms with Crippen molar-refractivity contribution in [1.29, 1.82) is 0 Å². The van der Waals surface area contributed by atoms with Gasteiger partial charge in [0.1, 0.15) is 0 Å². The smallest absolute Gasteiger partial charge is 0.378 e. The first-order valence-corrected chi connectivity index (χ1v) is 10.5. The average molecular weight is 429 g/mol. The Balaban J connectivity index is 1.68. The highest BCUT2D eigenvalue weighted by Crippen LogP contribution is 2.36. The van der Waals surface area contributed by atoms with Crippen LogP contribution in [-0.4, -0.2) is 30.7 Å². The summed E-state index contributed by atoms with van der Waals surface area (Å²) in [5.41, 5.74) is 3.13. The molecule has 164 valence electrons. The van der Waals surface area contributed by atoms with Crippen LogP contribution >= 0.6 is 0 Å². The zero-order chi connectivity index (χ0) is 22.2. The van der Waals surface area contributed by atoms with Crippen LogP contribution in [0, 0.1) is 6.92 Å². The minimum Gasteiger partial charge on any atom is -0.378 e. The summed E-state index contributed by atoms with van der Waals surface area (Å²) in [6.07, 6.45) is -2.64. The molecule has 4 nitrogen and oxygen atoms in total. The van der Waals surface area contributed by atoms with Crippen LogP contribution in [0.25, 0.3) is 10.9 Å². The van der Waals surface area contributed by atoms with E-state index in [2.05, 4.69) is 39.6 Å². The minimum absolute atomic E-state index is 0.253. The number of piperazine rings is 1. The Kier molecular flexibility index (Phi) is 5.79. The van der Waals surface area contributed by atoms with E-state index in [0.717, 1.165) is 48.0 Å². The first kappa shape index (κ1) is 21.4. The summed E-state index contributed by atoms with van der Waals surface area (Å²) < 4.78 is 40.0. The number of hydrogen-bond acceptors (Lipinski definition) is 4. The van der Waals surface area contributed by atoms with Gasteiger partial charge in [-0.25, -0.2) is 0 Å². The summed E-state index contributed by atoms with van der Waals surface area (Å²) in [5.74, 6) is 0. The maximum absolute atomic E-state index is 13.3. The molecule has 2 heterocycles. The highest BCUT2D eigenvalue weighted by molar-refractivity contribution is 5.93. The third-order valence-electron chi connectivity index (χ3n) is 6.08. The van der Waals surface area contributed by atoms with Gasteiger partial charge in [0.2, 0.25) is 0 Å². The summed E-state index contributed by atoms with van der Waals surface area (Å²) in [5, 5.41) is 7.79. The van der Waals surface area contributed by atoms with Crippen molar-refractivity contribution in [2.24, 2.45) is 0 Å². The third kappa shape index (κ3) is 4.32. The topological polar surface area (TPSA) is 40.2 Å². The number of alkyl halides is 3. The Labute approximate surface area is 180 Å². The van der Waals surface area contributed by atoms with Crippen molar-refractivity contribution in [3.8, 4) is 0 Å². The Hall–Kier alpha value is -2.80. The summed E-state index contributed by atoms with van der Waals surface area (Å²) >= 11 is 0. The van der Waals surface area contributed by atoms with Crippen molar-refractivity contribution in [2.45, 2.75) is 39.0 Å². The molecule has 1 aliphatic heterocycles. The number of aromatic nitrogens is 1. The first-order valence-electron chi connectivity index (χ1n) is 10.5. The molecule has 1 fully saturated rings. The third-order valence-corrected chi connectivity index (χ3v) is 6.08. The lowest BCUT2D eigenvalue weighted by Crippen LogP contribution is -2.49. The molecule has 1 saturated heterocycles. The second kappa shape index (κ2) is 8.38. The van der Waals surface area contributed by atoms with Crippen LogP contribution in [0.4, 0.5) is 24.5 Å². The largest absolute Gasteiger partial charge is 0.416 e. The lowest BCUT2D eigenvalue weighted by molar-refractivity contribution is -0.138. The van der Waals surface area contributed by atoms with Crippen LogP contribution in [0.3, 0.4) is 0 Å². The van der Waals surface area contributed by atoms with Crippen molar-refractivity contribution >= 4 is 22.3 Å². The number of fused-ring (bicyclic) bond motifs is 1. The van der Waals surface area contributed by atoms with E-state index in [1.54, 1.807) is 12.3 Å². The van der Waals surface area contributed by atoms with E-state index in [1.165, 1.54) is 13.0 Å². The maximum atomic E-state index is 13.3. The van der Waals surface area contributed by atoms with E-state index < -0.39 is 11.7 Å². The molecule has 4 rings (SSSR count). The Morgan fingerprint density at radius 1 is 1.19 bits per heavy atom. The number of nitrogens with one attached hydrogen (secondary N) is 2. The molecule has 1 aliphatic rings. The van der Waals surface area contributed by atoms with Gasteiger partial charge in [-0.3, -0.25) is 4.98 Å². The Morgan fingerprint density at radius 2 is 2.00 bits per heavy atom. The summed E-state index contributed by atoms with van der Waals surface area (Å²) in [6.45, 7) is 8.41. The lowest BCUT2D eigenvalue weighted by Gasteiger charge is -2.36. The van der Waals surface area contributed by atoms with Crippen LogP contribution in [0.5, 0.6) is 0 Å². The predicted molar refractivity (Wildman–Crippen MR) is 120 cm³/mol. The zero-order valence-electron chi connectivity index (χ0n) is 17.9. The van der Waals surface area contributed by atoms with Crippen LogP contribution < -0.4 is 15.5 Å². The molecule has 0 bridgehead atoms. The van der Waals surface area contributed by atoms with E-state index in [1.807, 2.05) is 19.1 Å². The number of halogens is 3. The first-order chi connectivity index (χ1) is 14.8. The SMILES string of the molecule is Cc1c([C@@H](C)Nc2ccnc3ccc(N4CCNC[C@@H]4C)cc23)cccc1C(F)(F)F. The number of hydrogen-bond donors (Lipinski definition) is 2. The van der Waals surface area contributed by atoms with E-state index in [-0.39, 0.29) is 11.6 Å². The summed E-state index contributed by atoms with van der Waals surface area (Å²) in [7, 11) is 0. The molecule has 0 aliphatic carbocycles. The summed E-state index contributed by atoms with van der Waals surface area (Å²) in [6, 6.07) is 12.5. The number of nitrogens with zero attached hydrogens (tertiary/aromatic N) is 2. The molecular weight excluding hydrogens is 401 g/mol. The fraction of sp³-hybridized carbons (Fsp3) is 0.375. The van der Waals surface area contributed by atoms with Gasteiger partial charge in [0, 0.05) is 54.7 Å². The normalized spacial score (nSPS) is 18.3. The number of anilines is 2. The van der Waals surface area contributed by atoms with Crippen LogP contribution in [0.1, 0.15) is 36.6 Å². The van der Waals surface area contributed by atoms with Gasteiger partial charge in [-0.15, -0.1) is 0 Å². The van der Waals surface area contributed by atoms with Crippen molar-refractivity contribution in [3.05, 3.63) is 65.4 Å². The molecule has 31 heavy (non-hydrogen) atoms. The van der Waals surface area contributed by atoms with E-state index in [9.17, 15) is 13.2 Å². The summed E-state index contributed by atoms with van der Waals surface area (Å²) in [4.78, 5) is 6.84. The fourth-order valence-corrected chi connectivity index (χ4v) is 4.40. The average Bonchev–Trinajstić information content (AvgIpc) is 2.73. The van der Waals surface area contributed by atoms with Crippen LogP contribution in [0.15, 0.2) is 48.7 Å². The van der Waals surface area contributed by atoms with Gasteiger partial charge in [-0.2, -0.15) is 13.2 Å². The molecule has 0 amide bonds. The molecule has 0 saturated carbocycles. The highest BCUT2D eigenvalue weighted by atomic mass is 19.4. The van der Waals surface area contributed by atoms with Crippen LogP contribution in [-0.2, 0) is 6.18 Å². The maximum Gasteiger partial charge on any atom is 0.416 e. The second-order valence-electron chi connectivity index (χ2n) is 8.19. The predicted octanol–water partition coefficient (Wildman–Crippen LogP) is 5.53. The van der Waals surface area contributed by atoms with E-state index >= 15 is 0 Å². The van der Waals surface area contributed by atoms with Gasteiger partial charge in [-0.1, -0.05) is 12.1 Å². The van der Waals surface area contributed by atoms with Gasteiger partial charge < -0.3 is 15.5 Å². The molecule has 7 heteroatoms. The molecule has 0 unspecified atom stereocenters. The second-order valence-corrected chi connectivity index (χ2v) is 8.19. The van der Waals surface area contributed by atoms with Crippen molar-refractivity contribution in [2.75, 3.05) is 29.9 Å². The van der Waals surface area contributed by atoms with Crippen molar-refractivity contribution in [1.82, 2.24) is 10.3 Å². The molecule has 1 aromatic heterocycles. The standard InChI is InChI=1S/C24H27F3N4/c1-15-14-28-11-12-31(15)18-7-8-22-20(13-18)23(9-10-29-22)30-17(3)19-5-4-6-21(16(19)2)24(25,26)27/h4-10,13,15,17,28H,11-12,14H2,1-3H3,(H,29,30)/t15-,17+/m0/s1.